The molecule has 1 atom stereocenters. The van der Waals surface area contributed by atoms with Gasteiger partial charge in [0.05, 0.1) is 12.3 Å². The Kier molecular flexibility index (Phi) is 3.88. The zero-order valence-corrected chi connectivity index (χ0v) is 11.0. The molecule has 0 radical (unpaired) electrons. The average Bonchev–Trinajstić information content (AvgIpc) is 2.48. The molecule has 4 heteroatoms. The highest BCUT2D eigenvalue weighted by molar-refractivity contribution is 5.50. The SMILES string of the molecule is CC1(C)CCNC(CO)CN1c1ccccc1F. The van der Waals surface area contributed by atoms with Crippen molar-refractivity contribution >= 4 is 5.69 Å². The van der Waals surface area contributed by atoms with Crippen LogP contribution < -0.4 is 10.2 Å². The van der Waals surface area contributed by atoms with Gasteiger partial charge in [0.2, 0.25) is 0 Å². The summed E-state index contributed by atoms with van der Waals surface area (Å²) in [6.45, 7) is 5.75. The highest BCUT2D eigenvalue weighted by Gasteiger charge is 2.32. The molecule has 0 aromatic heterocycles. The smallest absolute Gasteiger partial charge is 0.146 e. The monoisotopic (exact) mass is 252 g/mol. The summed E-state index contributed by atoms with van der Waals surface area (Å²) < 4.78 is 14.0. The van der Waals surface area contributed by atoms with E-state index < -0.39 is 0 Å². The minimum absolute atomic E-state index is 0.00798. The maximum absolute atomic E-state index is 14.0. The maximum atomic E-state index is 14.0. The van der Waals surface area contributed by atoms with E-state index in [0.717, 1.165) is 13.0 Å². The minimum Gasteiger partial charge on any atom is -0.395 e. The number of nitrogens with zero attached hydrogens (tertiary/aromatic N) is 1. The molecule has 100 valence electrons. The summed E-state index contributed by atoms with van der Waals surface area (Å²) in [4.78, 5) is 2.06. The molecule has 2 rings (SSSR count). The second kappa shape index (κ2) is 5.24. The highest BCUT2D eigenvalue weighted by atomic mass is 19.1. The van der Waals surface area contributed by atoms with Gasteiger partial charge >= 0.3 is 0 Å². The van der Waals surface area contributed by atoms with Gasteiger partial charge in [0.15, 0.2) is 0 Å². The van der Waals surface area contributed by atoms with Crippen molar-refractivity contribution in [1.82, 2.24) is 5.32 Å². The number of hydrogen-bond acceptors (Lipinski definition) is 3. The lowest BCUT2D eigenvalue weighted by atomic mass is 9.97. The van der Waals surface area contributed by atoms with Crippen molar-refractivity contribution in [3.8, 4) is 0 Å². The van der Waals surface area contributed by atoms with E-state index in [1.165, 1.54) is 6.07 Å². The van der Waals surface area contributed by atoms with Crippen LogP contribution >= 0.6 is 0 Å². The predicted molar refractivity (Wildman–Crippen MR) is 71.3 cm³/mol. The Morgan fingerprint density at radius 2 is 2.17 bits per heavy atom. The Balaban J connectivity index is 2.34. The van der Waals surface area contributed by atoms with E-state index in [1.54, 1.807) is 12.1 Å². The van der Waals surface area contributed by atoms with Crippen LogP contribution in [0.5, 0.6) is 0 Å². The zero-order valence-electron chi connectivity index (χ0n) is 11.0. The van der Waals surface area contributed by atoms with E-state index in [9.17, 15) is 9.50 Å². The molecule has 0 aliphatic carbocycles. The minimum atomic E-state index is -0.204. The molecule has 18 heavy (non-hydrogen) atoms. The van der Waals surface area contributed by atoms with Gasteiger partial charge in [0.1, 0.15) is 5.82 Å². The van der Waals surface area contributed by atoms with Gasteiger partial charge in [-0.25, -0.2) is 4.39 Å². The molecule has 0 bridgehead atoms. The Morgan fingerprint density at radius 1 is 1.44 bits per heavy atom. The normalized spacial score (nSPS) is 23.8. The van der Waals surface area contributed by atoms with Gasteiger partial charge in [-0.1, -0.05) is 12.1 Å². The summed E-state index contributed by atoms with van der Waals surface area (Å²) in [5.41, 5.74) is 0.490. The number of halogens is 1. The molecule has 0 saturated carbocycles. The molecule has 1 aromatic rings. The number of nitrogens with one attached hydrogen (secondary N) is 1. The summed E-state index contributed by atoms with van der Waals surface area (Å²) in [6.07, 6.45) is 0.915. The second-order valence-electron chi connectivity index (χ2n) is 5.46. The fourth-order valence-electron chi connectivity index (χ4n) is 2.47. The second-order valence-corrected chi connectivity index (χ2v) is 5.46. The largest absolute Gasteiger partial charge is 0.395 e. The first kappa shape index (κ1) is 13.3. The number of hydrogen-bond donors (Lipinski definition) is 2. The fourth-order valence-corrected chi connectivity index (χ4v) is 2.47. The molecule has 1 heterocycles. The third-order valence-corrected chi connectivity index (χ3v) is 3.67. The van der Waals surface area contributed by atoms with E-state index in [1.807, 2.05) is 6.07 Å². The first-order valence-corrected chi connectivity index (χ1v) is 6.41. The first-order valence-electron chi connectivity index (χ1n) is 6.41. The summed E-state index contributed by atoms with van der Waals surface area (Å²) in [7, 11) is 0. The molecule has 0 spiro atoms. The number of aliphatic hydroxyl groups is 1. The lowest BCUT2D eigenvalue weighted by Gasteiger charge is -2.39. The molecule has 3 nitrogen and oxygen atoms in total. The topological polar surface area (TPSA) is 35.5 Å². The van der Waals surface area contributed by atoms with Crippen LogP contribution in [-0.4, -0.2) is 36.4 Å². The summed E-state index contributed by atoms with van der Waals surface area (Å²) in [5, 5.41) is 12.6. The maximum Gasteiger partial charge on any atom is 0.146 e. The molecule has 1 unspecified atom stereocenters. The van der Waals surface area contributed by atoms with E-state index >= 15 is 0 Å². The van der Waals surface area contributed by atoms with Crippen LogP contribution in [0.15, 0.2) is 24.3 Å². The molecular formula is C14H21FN2O. The first-order chi connectivity index (χ1) is 8.54. The number of benzene rings is 1. The molecule has 1 aliphatic rings. The molecule has 2 N–H and O–H groups in total. The summed E-state index contributed by atoms with van der Waals surface area (Å²) >= 11 is 0. The van der Waals surface area contributed by atoms with Gasteiger partial charge in [-0.05, 0) is 38.9 Å². The Labute approximate surface area is 108 Å². The Morgan fingerprint density at radius 3 is 2.83 bits per heavy atom. The number of anilines is 1. The zero-order chi connectivity index (χ0) is 13.2. The van der Waals surface area contributed by atoms with Crippen LogP contribution in [0.1, 0.15) is 20.3 Å². The van der Waals surface area contributed by atoms with Crippen molar-refractivity contribution in [3.63, 3.8) is 0 Å². The third kappa shape index (κ3) is 2.65. The van der Waals surface area contributed by atoms with Crippen molar-refractivity contribution in [2.24, 2.45) is 0 Å². The van der Waals surface area contributed by atoms with E-state index in [4.69, 9.17) is 0 Å². The molecule has 1 aromatic carbocycles. The highest BCUT2D eigenvalue weighted by Crippen LogP contribution is 2.30. The van der Waals surface area contributed by atoms with E-state index in [2.05, 4.69) is 24.1 Å². The quantitative estimate of drug-likeness (QED) is 0.842. The average molecular weight is 252 g/mol. The molecular weight excluding hydrogens is 231 g/mol. The summed E-state index contributed by atoms with van der Waals surface area (Å²) in [6, 6.07) is 6.83. The lowest BCUT2D eigenvalue weighted by molar-refractivity contribution is 0.248. The van der Waals surface area contributed by atoms with Gasteiger partial charge in [0.25, 0.3) is 0 Å². The molecule has 1 saturated heterocycles. The predicted octanol–water partition coefficient (Wildman–Crippen LogP) is 1.76. The standard InChI is InChI=1S/C14H21FN2O/c1-14(2)7-8-16-11(10-18)9-17(14)13-6-4-3-5-12(13)15/h3-6,11,16,18H,7-10H2,1-2H3. The van der Waals surface area contributed by atoms with Gasteiger partial charge in [-0.15, -0.1) is 0 Å². The molecule has 1 fully saturated rings. The van der Waals surface area contributed by atoms with Gasteiger partial charge < -0.3 is 15.3 Å². The van der Waals surface area contributed by atoms with Crippen LogP contribution in [0.25, 0.3) is 0 Å². The van der Waals surface area contributed by atoms with Crippen molar-refractivity contribution in [3.05, 3.63) is 30.1 Å². The molecule has 1 aliphatic heterocycles. The Bertz CT molecular complexity index is 409. The van der Waals surface area contributed by atoms with Gasteiger partial charge in [-0.2, -0.15) is 0 Å². The summed E-state index contributed by atoms with van der Waals surface area (Å²) in [5.74, 6) is -0.204. The van der Waals surface area contributed by atoms with Crippen molar-refractivity contribution in [2.75, 3.05) is 24.6 Å². The number of rotatable bonds is 2. The Hall–Kier alpha value is -1.13. The van der Waals surface area contributed by atoms with Crippen LogP contribution in [0.3, 0.4) is 0 Å². The van der Waals surface area contributed by atoms with Crippen LogP contribution in [0, 0.1) is 5.82 Å². The van der Waals surface area contributed by atoms with Crippen molar-refractivity contribution < 1.29 is 9.50 Å². The van der Waals surface area contributed by atoms with Crippen molar-refractivity contribution in [1.29, 1.82) is 0 Å². The van der Waals surface area contributed by atoms with Gasteiger partial charge in [-0.3, -0.25) is 0 Å². The van der Waals surface area contributed by atoms with Crippen LogP contribution in [0.2, 0.25) is 0 Å². The van der Waals surface area contributed by atoms with E-state index in [0.29, 0.717) is 12.2 Å². The third-order valence-electron chi connectivity index (χ3n) is 3.67. The lowest BCUT2D eigenvalue weighted by Crippen LogP contribution is -2.48. The van der Waals surface area contributed by atoms with Crippen molar-refractivity contribution in [2.45, 2.75) is 31.8 Å². The van der Waals surface area contributed by atoms with Crippen LogP contribution in [0.4, 0.5) is 10.1 Å². The molecule has 0 amide bonds. The van der Waals surface area contributed by atoms with Crippen LogP contribution in [-0.2, 0) is 0 Å². The van der Waals surface area contributed by atoms with E-state index in [-0.39, 0.29) is 24.0 Å². The number of para-hydroxylation sites is 1. The fraction of sp³-hybridized carbons (Fsp3) is 0.571. The number of aliphatic hydroxyl groups excluding tert-OH is 1. The van der Waals surface area contributed by atoms with Gasteiger partial charge in [0, 0.05) is 18.1 Å².